The van der Waals surface area contributed by atoms with Crippen molar-refractivity contribution < 1.29 is 4.74 Å². The van der Waals surface area contributed by atoms with Crippen molar-refractivity contribution in [1.82, 2.24) is 0 Å². The summed E-state index contributed by atoms with van der Waals surface area (Å²) in [5.74, 6) is 0.642. The van der Waals surface area contributed by atoms with Gasteiger partial charge in [0.05, 0.1) is 6.61 Å². The Kier molecular flexibility index (Phi) is 2.30. The summed E-state index contributed by atoms with van der Waals surface area (Å²) < 4.78 is 5.19. The topological polar surface area (TPSA) is 35.2 Å². The number of hydrogen-bond donors (Lipinski definition) is 1. The van der Waals surface area contributed by atoms with Gasteiger partial charge < -0.3 is 10.5 Å². The molecule has 1 aliphatic heterocycles. The van der Waals surface area contributed by atoms with Crippen LogP contribution in [-0.2, 0) is 4.74 Å². The van der Waals surface area contributed by atoms with Gasteiger partial charge in [-0.05, 0) is 25.3 Å². The second kappa shape index (κ2) is 3.05. The predicted octanol–water partition coefficient (Wildman–Crippen LogP) is 0.372. The first-order valence-electron chi connectivity index (χ1n) is 3.21. The molecule has 0 aliphatic carbocycles. The van der Waals surface area contributed by atoms with E-state index in [-0.39, 0.29) is 0 Å². The summed E-state index contributed by atoms with van der Waals surface area (Å²) >= 11 is 0. The molecule has 48 valence electrons. The van der Waals surface area contributed by atoms with E-state index in [1.165, 1.54) is 12.8 Å². The first kappa shape index (κ1) is 6.05. The zero-order valence-electron chi connectivity index (χ0n) is 5.10. The van der Waals surface area contributed by atoms with Crippen LogP contribution in [-0.4, -0.2) is 19.8 Å². The Balaban J connectivity index is 2.13. The second-order valence-electron chi connectivity index (χ2n) is 2.32. The summed E-state index contributed by atoms with van der Waals surface area (Å²) in [7, 11) is 0. The Labute approximate surface area is 50.0 Å². The second-order valence-corrected chi connectivity index (χ2v) is 2.32. The van der Waals surface area contributed by atoms with Crippen LogP contribution in [0.5, 0.6) is 0 Å². The summed E-state index contributed by atoms with van der Waals surface area (Å²) in [5, 5.41) is 0. The molecule has 0 bridgehead atoms. The highest BCUT2D eigenvalue weighted by molar-refractivity contribution is 4.62. The molecule has 1 fully saturated rings. The van der Waals surface area contributed by atoms with E-state index in [9.17, 15) is 0 Å². The Hall–Kier alpha value is -0.0800. The molecule has 0 spiro atoms. The minimum atomic E-state index is 0.642. The summed E-state index contributed by atoms with van der Waals surface area (Å²) in [6, 6.07) is 0. The first-order valence-corrected chi connectivity index (χ1v) is 3.21. The molecule has 0 unspecified atom stereocenters. The van der Waals surface area contributed by atoms with Gasteiger partial charge in [0.1, 0.15) is 0 Å². The molecule has 2 nitrogen and oxygen atoms in total. The van der Waals surface area contributed by atoms with E-state index in [0.29, 0.717) is 5.92 Å². The van der Waals surface area contributed by atoms with Gasteiger partial charge in [0.2, 0.25) is 0 Å². The van der Waals surface area contributed by atoms with Crippen LogP contribution in [0.15, 0.2) is 0 Å². The standard InChI is InChI=1S/C6H13NO/c7-4-6-2-1-3-8-5-6/h6H,1-5,7H2/t6-/m1/s1. The third kappa shape index (κ3) is 1.46. The summed E-state index contributed by atoms with van der Waals surface area (Å²) in [6.45, 7) is 2.62. The minimum absolute atomic E-state index is 0.642. The first-order chi connectivity index (χ1) is 3.93. The normalized spacial score (nSPS) is 30.4. The molecular formula is C6H13NO. The Bertz CT molecular complexity index is 59.5. The third-order valence-corrected chi connectivity index (χ3v) is 1.59. The molecular weight excluding hydrogens is 102 g/mol. The lowest BCUT2D eigenvalue weighted by Gasteiger charge is -2.19. The monoisotopic (exact) mass is 115 g/mol. The van der Waals surface area contributed by atoms with Gasteiger partial charge in [0.15, 0.2) is 0 Å². The van der Waals surface area contributed by atoms with Crippen LogP contribution in [0.2, 0.25) is 0 Å². The predicted molar refractivity (Wildman–Crippen MR) is 32.6 cm³/mol. The minimum Gasteiger partial charge on any atom is -0.381 e. The van der Waals surface area contributed by atoms with Crippen molar-refractivity contribution in [2.45, 2.75) is 12.8 Å². The van der Waals surface area contributed by atoms with Crippen LogP contribution in [0.3, 0.4) is 0 Å². The van der Waals surface area contributed by atoms with E-state index >= 15 is 0 Å². The van der Waals surface area contributed by atoms with Gasteiger partial charge in [-0.2, -0.15) is 0 Å². The number of hydrogen-bond acceptors (Lipinski definition) is 2. The van der Waals surface area contributed by atoms with E-state index < -0.39 is 0 Å². The van der Waals surface area contributed by atoms with Crippen LogP contribution in [0.25, 0.3) is 0 Å². The molecule has 1 rings (SSSR count). The molecule has 0 saturated carbocycles. The highest BCUT2D eigenvalue weighted by atomic mass is 16.5. The summed E-state index contributed by atoms with van der Waals surface area (Å²) in [6.07, 6.45) is 2.46. The number of nitrogens with two attached hydrogens (primary N) is 1. The molecule has 1 aliphatic rings. The van der Waals surface area contributed by atoms with Gasteiger partial charge in [-0.25, -0.2) is 0 Å². The average molecular weight is 115 g/mol. The molecule has 0 radical (unpaired) electrons. The maximum Gasteiger partial charge on any atom is 0.0506 e. The number of rotatable bonds is 1. The van der Waals surface area contributed by atoms with E-state index in [1.54, 1.807) is 0 Å². The fourth-order valence-corrected chi connectivity index (χ4v) is 0.993. The average Bonchev–Trinajstić information content (AvgIpc) is 1.90. The Morgan fingerprint density at radius 1 is 1.62 bits per heavy atom. The van der Waals surface area contributed by atoms with Gasteiger partial charge in [-0.15, -0.1) is 0 Å². The quantitative estimate of drug-likeness (QED) is 0.536. The van der Waals surface area contributed by atoms with Gasteiger partial charge in [0.25, 0.3) is 0 Å². The van der Waals surface area contributed by atoms with E-state index in [2.05, 4.69) is 0 Å². The van der Waals surface area contributed by atoms with Crippen molar-refractivity contribution in [3.63, 3.8) is 0 Å². The molecule has 1 saturated heterocycles. The lowest BCUT2D eigenvalue weighted by atomic mass is 10.0. The Morgan fingerprint density at radius 3 is 2.88 bits per heavy atom. The molecule has 8 heavy (non-hydrogen) atoms. The maximum absolute atomic E-state index is 5.42. The lowest BCUT2D eigenvalue weighted by molar-refractivity contribution is 0.0580. The summed E-state index contributed by atoms with van der Waals surface area (Å²) in [5.41, 5.74) is 5.42. The molecule has 1 atom stereocenters. The van der Waals surface area contributed by atoms with Crippen molar-refractivity contribution in [2.24, 2.45) is 11.7 Å². The largest absolute Gasteiger partial charge is 0.381 e. The van der Waals surface area contributed by atoms with Crippen molar-refractivity contribution in [3.8, 4) is 0 Å². The van der Waals surface area contributed by atoms with Gasteiger partial charge >= 0.3 is 0 Å². The fraction of sp³-hybridized carbons (Fsp3) is 1.00. The molecule has 0 aromatic carbocycles. The van der Waals surface area contributed by atoms with E-state index in [1.807, 2.05) is 0 Å². The Morgan fingerprint density at radius 2 is 2.50 bits per heavy atom. The van der Waals surface area contributed by atoms with E-state index in [4.69, 9.17) is 10.5 Å². The lowest BCUT2D eigenvalue weighted by Crippen LogP contribution is -2.24. The van der Waals surface area contributed by atoms with Gasteiger partial charge in [-0.1, -0.05) is 0 Å². The zero-order valence-corrected chi connectivity index (χ0v) is 5.10. The van der Waals surface area contributed by atoms with Crippen LogP contribution >= 0.6 is 0 Å². The van der Waals surface area contributed by atoms with Crippen molar-refractivity contribution in [1.29, 1.82) is 0 Å². The molecule has 2 heteroatoms. The zero-order chi connectivity index (χ0) is 5.82. The van der Waals surface area contributed by atoms with Crippen LogP contribution in [0, 0.1) is 5.92 Å². The van der Waals surface area contributed by atoms with Gasteiger partial charge in [0, 0.05) is 6.61 Å². The maximum atomic E-state index is 5.42. The smallest absolute Gasteiger partial charge is 0.0506 e. The summed E-state index contributed by atoms with van der Waals surface area (Å²) in [4.78, 5) is 0. The van der Waals surface area contributed by atoms with Crippen LogP contribution < -0.4 is 5.73 Å². The molecule has 1 heterocycles. The molecule has 2 N–H and O–H groups in total. The number of ether oxygens (including phenoxy) is 1. The third-order valence-electron chi connectivity index (χ3n) is 1.59. The SMILES string of the molecule is NC[C@H]1CCCOC1. The van der Waals surface area contributed by atoms with Crippen LogP contribution in [0.4, 0.5) is 0 Å². The molecule has 0 amide bonds. The molecule has 0 aromatic rings. The van der Waals surface area contributed by atoms with Gasteiger partial charge in [-0.3, -0.25) is 0 Å². The highest BCUT2D eigenvalue weighted by Gasteiger charge is 2.10. The molecule has 0 aromatic heterocycles. The highest BCUT2D eigenvalue weighted by Crippen LogP contribution is 2.10. The fourth-order valence-electron chi connectivity index (χ4n) is 0.993. The van der Waals surface area contributed by atoms with Crippen LogP contribution in [0.1, 0.15) is 12.8 Å². The van der Waals surface area contributed by atoms with E-state index in [0.717, 1.165) is 19.8 Å². The van der Waals surface area contributed by atoms with Crippen molar-refractivity contribution in [2.75, 3.05) is 19.8 Å². The van der Waals surface area contributed by atoms with Crippen molar-refractivity contribution >= 4 is 0 Å². The van der Waals surface area contributed by atoms with Crippen molar-refractivity contribution in [3.05, 3.63) is 0 Å².